The zero-order chi connectivity index (χ0) is 15.5. The fourth-order valence-corrected chi connectivity index (χ4v) is 4.12. The van der Waals surface area contributed by atoms with Crippen molar-refractivity contribution in [2.75, 3.05) is 26.0 Å². The summed E-state index contributed by atoms with van der Waals surface area (Å²) in [6, 6.07) is 4.52. The Bertz CT molecular complexity index is 589. The number of aliphatic hydroxyl groups is 1. The van der Waals surface area contributed by atoms with Crippen molar-refractivity contribution in [3.63, 3.8) is 0 Å². The van der Waals surface area contributed by atoms with E-state index in [0.717, 1.165) is 19.3 Å². The highest BCUT2D eigenvalue weighted by Crippen LogP contribution is 2.31. The molecule has 2 atom stereocenters. The first kappa shape index (κ1) is 16.1. The van der Waals surface area contributed by atoms with Crippen LogP contribution in [0.1, 0.15) is 19.3 Å². The lowest BCUT2D eigenvalue weighted by Gasteiger charge is -2.18. The van der Waals surface area contributed by atoms with Crippen LogP contribution in [0.3, 0.4) is 0 Å². The van der Waals surface area contributed by atoms with Crippen LogP contribution >= 0.6 is 0 Å². The van der Waals surface area contributed by atoms with Gasteiger partial charge < -0.3 is 15.6 Å². The average molecular weight is 314 g/mol. The van der Waals surface area contributed by atoms with Gasteiger partial charge in [-0.2, -0.15) is 0 Å². The van der Waals surface area contributed by atoms with E-state index in [-0.39, 0.29) is 29.1 Å². The number of nitrogen functional groups attached to an aromatic ring is 1. The van der Waals surface area contributed by atoms with Crippen molar-refractivity contribution in [2.24, 2.45) is 11.8 Å². The summed E-state index contributed by atoms with van der Waals surface area (Å²) in [6.07, 6.45) is 2.91. The molecule has 0 heterocycles. The van der Waals surface area contributed by atoms with Crippen molar-refractivity contribution < 1.29 is 18.3 Å². The SMILES string of the molecule is COc1ccc(N)cc1S(=O)(=O)NCC1CCCC1CO. The predicted octanol–water partition coefficient (Wildman–Crippen LogP) is 0.964. The molecule has 1 saturated carbocycles. The topological polar surface area (TPSA) is 102 Å². The molecule has 0 spiro atoms. The number of nitrogens with one attached hydrogen (secondary N) is 1. The Balaban J connectivity index is 2.13. The van der Waals surface area contributed by atoms with Gasteiger partial charge in [0, 0.05) is 18.8 Å². The van der Waals surface area contributed by atoms with E-state index >= 15 is 0 Å². The van der Waals surface area contributed by atoms with Crippen LogP contribution in [-0.4, -0.2) is 33.8 Å². The predicted molar refractivity (Wildman–Crippen MR) is 80.5 cm³/mol. The fourth-order valence-electron chi connectivity index (χ4n) is 2.82. The zero-order valence-corrected chi connectivity index (χ0v) is 12.9. The van der Waals surface area contributed by atoms with E-state index in [2.05, 4.69) is 4.72 Å². The molecule has 118 valence electrons. The average Bonchev–Trinajstić information content (AvgIpc) is 2.92. The molecule has 0 saturated heterocycles. The second-order valence-corrected chi connectivity index (χ2v) is 7.13. The Morgan fingerprint density at radius 2 is 2.10 bits per heavy atom. The molecule has 0 radical (unpaired) electrons. The van der Waals surface area contributed by atoms with Gasteiger partial charge in [-0.25, -0.2) is 13.1 Å². The number of hydrogen-bond acceptors (Lipinski definition) is 5. The van der Waals surface area contributed by atoms with E-state index in [1.54, 1.807) is 6.07 Å². The number of methoxy groups -OCH3 is 1. The Morgan fingerprint density at radius 1 is 1.38 bits per heavy atom. The quantitative estimate of drug-likeness (QED) is 0.679. The third kappa shape index (κ3) is 3.66. The van der Waals surface area contributed by atoms with Crippen LogP contribution < -0.4 is 15.2 Å². The summed E-state index contributed by atoms with van der Waals surface area (Å²) in [6.45, 7) is 0.430. The molecule has 7 heteroatoms. The molecule has 0 aliphatic heterocycles. The van der Waals surface area contributed by atoms with E-state index in [9.17, 15) is 13.5 Å². The molecule has 1 aromatic rings. The maximum absolute atomic E-state index is 12.4. The van der Waals surface area contributed by atoms with Gasteiger partial charge in [0.25, 0.3) is 0 Å². The molecular weight excluding hydrogens is 292 g/mol. The summed E-state index contributed by atoms with van der Waals surface area (Å²) >= 11 is 0. The number of nitrogens with two attached hydrogens (primary N) is 1. The van der Waals surface area contributed by atoms with Crippen LogP contribution in [0.4, 0.5) is 5.69 Å². The lowest BCUT2D eigenvalue weighted by molar-refractivity contribution is 0.195. The summed E-state index contributed by atoms with van der Waals surface area (Å²) in [5, 5.41) is 9.29. The van der Waals surface area contributed by atoms with Crippen molar-refractivity contribution in [1.29, 1.82) is 0 Å². The highest BCUT2D eigenvalue weighted by Gasteiger charge is 2.28. The number of sulfonamides is 1. The van der Waals surface area contributed by atoms with Gasteiger partial charge in [-0.1, -0.05) is 6.42 Å². The maximum Gasteiger partial charge on any atom is 0.244 e. The third-order valence-electron chi connectivity index (χ3n) is 4.06. The first-order chi connectivity index (χ1) is 9.97. The largest absolute Gasteiger partial charge is 0.495 e. The van der Waals surface area contributed by atoms with Crippen LogP contribution in [0.5, 0.6) is 5.75 Å². The van der Waals surface area contributed by atoms with Gasteiger partial charge in [-0.3, -0.25) is 0 Å². The number of benzene rings is 1. The normalized spacial score (nSPS) is 22.4. The van der Waals surface area contributed by atoms with Gasteiger partial charge in [0.2, 0.25) is 10.0 Å². The molecule has 2 unspecified atom stereocenters. The number of ether oxygens (including phenoxy) is 1. The summed E-state index contributed by atoms with van der Waals surface area (Å²) < 4.78 is 32.5. The number of aliphatic hydroxyl groups excluding tert-OH is 1. The van der Waals surface area contributed by atoms with E-state index in [1.165, 1.54) is 19.2 Å². The second kappa shape index (κ2) is 6.64. The zero-order valence-electron chi connectivity index (χ0n) is 12.1. The van der Waals surface area contributed by atoms with E-state index in [1.807, 2.05) is 0 Å². The van der Waals surface area contributed by atoms with Crippen LogP contribution in [0, 0.1) is 11.8 Å². The molecule has 0 bridgehead atoms. The number of anilines is 1. The third-order valence-corrected chi connectivity index (χ3v) is 5.51. The van der Waals surface area contributed by atoms with Crippen molar-refractivity contribution in [3.8, 4) is 5.75 Å². The Morgan fingerprint density at radius 3 is 2.76 bits per heavy atom. The Labute approximate surface area is 125 Å². The second-order valence-electron chi connectivity index (χ2n) is 5.40. The summed E-state index contributed by atoms with van der Waals surface area (Å²) in [5.74, 6) is 0.620. The smallest absolute Gasteiger partial charge is 0.244 e. The van der Waals surface area contributed by atoms with E-state index in [0.29, 0.717) is 12.2 Å². The molecule has 4 N–H and O–H groups in total. The molecule has 0 aromatic heterocycles. The molecule has 6 nitrogen and oxygen atoms in total. The summed E-state index contributed by atoms with van der Waals surface area (Å²) in [7, 11) is -2.26. The van der Waals surface area contributed by atoms with Gasteiger partial charge >= 0.3 is 0 Å². The van der Waals surface area contributed by atoms with Crippen LogP contribution in [0.25, 0.3) is 0 Å². The molecule has 1 aliphatic carbocycles. The number of hydrogen-bond donors (Lipinski definition) is 3. The minimum Gasteiger partial charge on any atom is -0.495 e. The van der Waals surface area contributed by atoms with Gasteiger partial charge in [0.15, 0.2) is 0 Å². The molecular formula is C14H22N2O4S. The van der Waals surface area contributed by atoms with Gasteiger partial charge in [0.05, 0.1) is 7.11 Å². The maximum atomic E-state index is 12.4. The highest BCUT2D eigenvalue weighted by molar-refractivity contribution is 7.89. The summed E-state index contributed by atoms with van der Waals surface area (Å²) in [4.78, 5) is 0.0449. The first-order valence-electron chi connectivity index (χ1n) is 7.02. The fraction of sp³-hybridized carbons (Fsp3) is 0.571. The van der Waals surface area contributed by atoms with Crippen LogP contribution in [0.15, 0.2) is 23.1 Å². The van der Waals surface area contributed by atoms with Crippen molar-refractivity contribution in [1.82, 2.24) is 4.72 Å². The molecule has 1 aromatic carbocycles. The van der Waals surface area contributed by atoms with Crippen molar-refractivity contribution in [3.05, 3.63) is 18.2 Å². The first-order valence-corrected chi connectivity index (χ1v) is 8.50. The van der Waals surface area contributed by atoms with Crippen molar-refractivity contribution >= 4 is 15.7 Å². The molecule has 2 rings (SSSR count). The van der Waals surface area contributed by atoms with E-state index < -0.39 is 10.0 Å². The lowest BCUT2D eigenvalue weighted by atomic mass is 9.97. The summed E-state index contributed by atoms with van der Waals surface area (Å²) in [5.41, 5.74) is 6.03. The highest BCUT2D eigenvalue weighted by atomic mass is 32.2. The minimum absolute atomic E-state index is 0.0449. The number of rotatable bonds is 6. The lowest BCUT2D eigenvalue weighted by Crippen LogP contribution is -2.32. The molecule has 1 aliphatic rings. The van der Waals surface area contributed by atoms with Gasteiger partial charge in [0.1, 0.15) is 10.6 Å². The van der Waals surface area contributed by atoms with E-state index in [4.69, 9.17) is 10.5 Å². The van der Waals surface area contributed by atoms with Gasteiger partial charge in [-0.15, -0.1) is 0 Å². The molecule has 0 amide bonds. The van der Waals surface area contributed by atoms with Crippen LogP contribution in [-0.2, 0) is 10.0 Å². The van der Waals surface area contributed by atoms with Crippen molar-refractivity contribution in [2.45, 2.75) is 24.2 Å². The van der Waals surface area contributed by atoms with Crippen LogP contribution in [0.2, 0.25) is 0 Å². The monoisotopic (exact) mass is 314 g/mol. The van der Waals surface area contributed by atoms with Gasteiger partial charge in [-0.05, 0) is 42.9 Å². The molecule has 1 fully saturated rings. The minimum atomic E-state index is -3.68. The Hall–Kier alpha value is -1.31. The Kier molecular flexibility index (Phi) is 5.08. The standard InChI is InChI=1S/C14H22N2O4S/c1-20-13-6-5-12(15)7-14(13)21(18,19)16-8-10-3-2-4-11(10)9-17/h5-7,10-11,16-17H,2-4,8-9,15H2,1H3. The molecule has 21 heavy (non-hydrogen) atoms.